The minimum absolute atomic E-state index is 0.0320. The van der Waals surface area contributed by atoms with E-state index in [9.17, 15) is 4.79 Å². The molecule has 0 aliphatic rings. The highest BCUT2D eigenvalue weighted by Crippen LogP contribution is 2.13. The molecular weight excluding hydrogens is 214 g/mol. The van der Waals surface area contributed by atoms with Crippen molar-refractivity contribution in [3.8, 4) is 0 Å². The Morgan fingerprint density at radius 1 is 1.35 bits per heavy atom. The van der Waals surface area contributed by atoms with E-state index in [2.05, 4.69) is 9.97 Å². The molecule has 2 N–H and O–H groups in total. The van der Waals surface area contributed by atoms with Gasteiger partial charge in [-0.1, -0.05) is 6.07 Å². The Balaban J connectivity index is 2.24. The molecule has 4 heteroatoms. The van der Waals surface area contributed by atoms with Gasteiger partial charge in [-0.2, -0.15) is 0 Å². The molecular formula is C13H13N3O. The average molecular weight is 227 g/mol. The van der Waals surface area contributed by atoms with Crippen molar-refractivity contribution < 1.29 is 4.79 Å². The van der Waals surface area contributed by atoms with E-state index >= 15 is 0 Å². The molecule has 0 aliphatic carbocycles. The quantitative estimate of drug-likeness (QED) is 0.812. The number of hydrogen-bond acceptors (Lipinski definition) is 4. The van der Waals surface area contributed by atoms with Crippen LogP contribution in [0.1, 0.15) is 21.5 Å². The Bertz CT molecular complexity index is 552. The normalized spacial score (nSPS) is 10.2. The second kappa shape index (κ2) is 4.74. The summed E-state index contributed by atoms with van der Waals surface area (Å²) in [7, 11) is 0. The van der Waals surface area contributed by atoms with Gasteiger partial charge in [-0.05, 0) is 24.6 Å². The molecule has 0 amide bonds. The Morgan fingerprint density at radius 3 is 2.88 bits per heavy atom. The van der Waals surface area contributed by atoms with Gasteiger partial charge in [0.25, 0.3) is 0 Å². The number of nitrogens with two attached hydrogens (primary N) is 1. The van der Waals surface area contributed by atoms with E-state index in [1.54, 1.807) is 30.7 Å². The molecule has 0 bridgehead atoms. The van der Waals surface area contributed by atoms with Crippen LogP contribution in [0.25, 0.3) is 0 Å². The summed E-state index contributed by atoms with van der Waals surface area (Å²) in [5.74, 6) is 0.442. The van der Waals surface area contributed by atoms with Gasteiger partial charge < -0.3 is 5.73 Å². The fourth-order valence-corrected chi connectivity index (χ4v) is 1.65. The number of carbonyl (C=O) groups is 1. The molecule has 0 aromatic carbocycles. The zero-order valence-corrected chi connectivity index (χ0v) is 9.55. The van der Waals surface area contributed by atoms with E-state index in [1.165, 1.54) is 0 Å². The lowest BCUT2D eigenvalue weighted by Gasteiger charge is -2.05. The molecule has 2 aromatic heterocycles. The molecule has 2 aromatic rings. The van der Waals surface area contributed by atoms with Crippen LogP contribution >= 0.6 is 0 Å². The van der Waals surface area contributed by atoms with Gasteiger partial charge in [0.1, 0.15) is 5.82 Å². The molecule has 0 saturated heterocycles. The smallest absolute Gasteiger partial charge is 0.167 e. The second-order valence-electron chi connectivity index (χ2n) is 3.84. The number of hydrogen-bond donors (Lipinski definition) is 1. The summed E-state index contributed by atoms with van der Waals surface area (Å²) in [4.78, 5) is 20.0. The number of ketones is 1. The van der Waals surface area contributed by atoms with Gasteiger partial charge in [0.05, 0.1) is 0 Å². The molecule has 2 heterocycles. The summed E-state index contributed by atoms with van der Waals surface area (Å²) >= 11 is 0. The zero-order chi connectivity index (χ0) is 12.3. The Hall–Kier alpha value is -2.23. The highest BCUT2D eigenvalue weighted by atomic mass is 16.1. The second-order valence-corrected chi connectivity index (χ2v) is 3.84. The third kappa shape index (κ3) is 2.47. The number of nitrogens with zero attached hydrogens (tertiary/aromatic N) is 2. The van der Waals surface area contributed by atoms with Gasteiger partial charge in [0, 0.05) is 36.1 Å². The molecule has 0 radical (unpaired) electrons. The summed E-state index contributed by atoms with van der Waals surface area (Å²) in [6, 6.07) is 5.32. The van der Waals surface area contributed by atoms with Crippen LogP contribution < -0.4 is 5.73 Å². The summed E-state index contributed by atoms with van der Waals surface area (Å²) < 4.78 is 0. The van der Waals surface area contributed by atoms with E-state index in [-0.39, 0.29) is 12.2 Å². The van der Waals surface area contributed by atoms with Crippen molar-refractivity contribution in [3.63, 3.8) is 0 Å². The number of pyridine rings is 2. The van der Waals surface area contributed by atoms with Gasteiger partial charge in [0.15, 0.2) is 5.78 Å². The van der Waals surface area contributed by atoms with Crippen molar-refractivity contribution in [1.29, 1.82) is 0 Å². The van der Waals surface area contributed by atoms with Gasteiger partial charge in [0.2, 0.25) is 0 Å². The van der Waals surface area contributed by atoms with Crippen molar-refractivity contribution in [1.82, 2.24) is 9.97 Å². The monoisotopic (exact) mass is 227 g/mol. The summed E-state index contributed by atoms with van der Waals surface area (Å²) in [6.45, 7) is 1.87. The third-order valence-electron chi connectivity index (χ3n) is 2.60. The molecule has 0 spiro atoms. The fourth-order valence-electron chi connectivity index (χ4n) is 1.65. The fraction of sp³-hybridized carbons (Fsp3) is 0.154. The van der Waals surface area contributed by atoms with Crippen LogP contribution in [0, 0.1) is 6.92 Å². The topological polar surface area (TPSA) is 68.9 Å². The predicted molar refractivity (Wildman–Crippen MR) is 65.7 cm³/mol. The minimum Gasteiger partial charge on any atom is -0.383 e. The highest BCUT2D eigenvalue weighted by Gasteiger charge is 2.11. The van der Waals surface area contributed by atoms with Crippen LogP contribution in [0.3, 0.4) is 0 Å². The SMILES string of the molecule is Cc1cnccc1C(=O)Cc1cccnc1N. The Morgan fingerprint density at radius 2 is 2.18 bits per heavy atom. The lowest BCUT2D eigenvalue weighted by molar-refractivity contribution is 0.0992. The number of aryl methyl sites for hydroxylation is 1. The Labute approximate surface area is 99.5 Å². The summed E-state index contributed by atoms with van der Waals surface area (Å²) in [5.41, 5.74) is 8.03. The van der Waals surface area contributed by atoms with Crippen LogP contribution in [-0.4, -0.2) is 15.8 Å². The molecule has 0 aliphatic heterocycles. The zero-order valence-electron chi connectivity index (χ0n) is 9.55. The van der Waals surface area contributed by atoms with Gasteiger partial charge in [-0.15, -0.1) is 0 Å². The van der Waals surface area contributed by atoms with Crippen molar-refractivity contribution in [3.05, 3.63) is 53.5 Å². The first-order valence-corrected chi connectivity index (χ1v) is 5.31. The summed E-state index contributed by atoms with van der Waals surface area (Å²) in [5, 5.41) is 0. The van der Waals surface area contributed by atoms with E-state index in [4.69, 9.17) is 5.73 Å². The minimum atomic E-state index is 0.0320. The lowest BCUT2D eigenvalue weighted by Crippen LogP contribution is -2.08. The van der Waals surface area contributed by atoms with Crippen LogP contribution in [0.5, 0.6) is 0 Å². The average Bonchev–Trinajstić information content (AvgIpc) is 2.32. The van der Waals surface area contributed by atoms with Crippen molar-refractivity contribution in [2.45, 2.75) is 13.3 Å². The van der Waals surface area contributed by atoms with Gasteiger partial charge in [-0.25, -0.2) is 4.98 Å². The van der Waals surface area contributed by atoms with Crippen molar-refractivity contribution in [2.75, 3.05) is 5.73 Å². The molecule has 0 saturated carbocycles. The molecule has 17 heavy (non-hydrogen) atoms. The number of nitrogen functional groups attached to an aromatic ring is 1. The molecule has 4 nitrogen and oxygen atoms in total. The number of rotatable bonds is 3. The highest BCUT2D eigenvalue weighted by molar-refractivity contribution is 5.99. The van der Waals surface area contributed by atoms with Crippen molar-refractivity contribution >= 4 is 11.6 Å². The number of carbonyl (C=O) groups excluding carboxylic acids is 1. The molecule has 0 atom stereocenters. The first kappa shape index (κ1) is 11.3. The van der Waals surface area contributed by atoms with E-state index in [0.717, 1.165) is 11.1 Å². The third-order valence-corrected chi connectivity index (χ3v) is 2.60. The number of aromatic nitrogens is 2. The maximum absolute atomic E-state index is 12.1. The molecule has 2 rings (SSSR count). The first-order chi connectivity index (χ1) is 8.18. The van der Waals surface area contributed by atoms with E-state index < -0.39 is 0 Å². The standard InChI is InChI=1S/C13H13N3O/c1-9-8-15-6-4-11(9)12(17)7-10-3-2-5-16-13(10)14/h2-6,8H,7H2,1H3,(H2,14,16). The van der Waals surface area contributed by atoms with Crippen LogP contribution in [0.4, 0.5) is 5.82 Å². The number of Topliss-reactive ketones (excluding diaryl/α,β-unsaturated/α-hetero) is 1. The summed E-state index contributed by atoms with van der Waals surface area (Å²) in [6.07, 6.45) is 5.18. The largest absolute Gasteiger partial charge is 0.383 e. The van der Waals surface area contributed by atoms with Crippen LogP contribution in [0.15, 0.2) is 36.8 Å². The first-order valence-electron chi connectivity index (χ1n) is 5.31. The Kier molecular flexibility index (Phi) is 3.14. The predicted octanol–water partition coefficient (Wildman–Crippen LogP) is 1.79. The van der Waals surface area contributed by atoms with Gasteiger partial charge in [-0.3, -0.25) is 9.78 Å². The molecule has 86 valence electrons. The van der Waals surface area contributed by atoms with Crippen molar-refractivity contribution in [2.24, 2.45) is 0 Å². The number of anilines is 1. The lowest BCUT2D eigenvalue weighted by atomic mass is 10.0. The maximum atomic E-state index is 12.1. The van der Waals surface area contributed by atoms with Crippen LogP contribution in [-0.2, 0) is 6.42 Å². The maximum Gasteiger partial charge on any atom is 0.167 e. The van der Waals surface area contributed by atoms with E-state index in [1.807, 2.05) is 13.0 Å². The van der Waals surface area contributed by atoms with Crippen LogP contribution in [0.2, 0.25) is 0 Å². The van der Waals surface area contributed by atoms with Gasteiger partial charge >= 0.3 is 0 Å². The van der Waals surface area contributed by atoms with E-state index in [0.29, 0.717) is 11.4 Å². The molecule has 0 unspecified atom stereocenters. The molecule has 0 fully saturated rings.